The molecule has 110 valence electrons. The average Bonchev–Trinajstić information content (AvgIpc) is 3.30. The van der Waals surface area contributed by atoms with E-state index in [-0.39, 0.29) is 0 Å². The zero-order chi connectivity index (χ0) is 12.9. The van der Waals surface area contributed by atoms with Crippen molar-refractivity contribution in [2.45, 2.75) is 51.0 Å². The molecule has 0 radical (unpaired) electrons. The molecule has 0 aromatic carbocycles. The van der Waals surface area contributed by atoms with Crippen LogP contribution in [0.25, 0.3) is 0 Å². The summed E-state index contributed by atoms with van der Waals surface area (Å²) in [6.07, 6.45) is 10.3. The molecule has 0 aromatic rings. The lowest BCUT2D eigenvalue weighted by atomic mass is 9.89. The molecule has 0 atom stereocenters. The molecule has 1 heterocycles. The van der Waals surface area contributed by atoms with E-state index in [4.69, 9.17) is 0 Å². The molecule has 2 aliphatic carbocycles. The van der Waals surface area contributed by atoms with Crippen LogP contribution >= 0.6 is 0 Å². The molecule has 0 spiro atoms. The second-order valence-corrected chi connectivity index (χ2v) is 6.82. The van der Waals surface area contributed by atoms with Gasteiger partial charge in [-0.2, -0.15) is 0 Å². The van der Waals surface area contributed by atoms with Crippen molar-refractivity contribution in [1.29, 1.82) is 0 Å². The van der Waals surface area contributed by atoms with Gasteiger partial charge in [0.25, 0.3) is 0 Å². The standard InChI is InChI=1S/C16H31N3/c1-2-4-15(5-3-1)14-17-8-9-18-10-12-19(13-11-18)16-6-7-16/h15-17H,1-14H2. The van der Waals surface area contributed by atoms with E-state index in [1.165, 1.54) is 90.8 Å². The van der Waals surface area contributed by atoms with Gasteiger partial charge in [-0.25, -0.2) is 0 Å². The Bertz CT molecular complexity index is 251. The third kappa shape index (κ3) is 4.44. The van der Waals surface area contributed by atoms with Crippen molar-refractivity contribution in [3.63, 3.8) is 0 Å². The lowest BCUT2D eigenvalue weighted by Crippen LogP contribution is -2.48. The minimum Gasteiger partial charge on any atom is -0.315 e. The Kier molecular flexibility index (Phi) is 5.14. The molecule has 1 aliphatic heterocycles. The summed E-state index contributed by atoms with van der Waals surface area (Å²) in [7, 11) is 0. The van der Waals surface area contributed by atoms with Gasteiger partial charge in [0.1, 0.15) is 0 Å². The van der Waals surface area contributed by atoms with Gasteiger partial charge < -0.3 is 5.32 Å². The Hall–Kier alpha value is -0.120. The van der Waals surface area contributed by atoms with E-state index >= 15 is 0 Å². The Morgan fingerprint density at radius 1 is 0.842 bits per heavy atom. The van der Waals surface area contributed by atoms with Crippen LogP contribution in [0, 0.1) is 5.92 Å². The maximum Gasteiger partial charge on any atom is 0.0113 e. The zero-order valence-electron chi connectivity index (χ0n) is 12.4. The average molecular weight is 265 g/mol. The summed E-state index contributed by atoms with van der Waals surface area (Å²) in [6.45, 7) is 8.93. The highest BCUT2D eigenvalue weighted by atomic mass is 15.3. The smallest absolute Gasteiger partial charge is 0.0113 e. The molecule has 0 aromatic heterocycles. The van der Waals surface area contributed by atoms with E-state index in [1.807, 2.05) is 0 Å². The summed E-state index contributed by atoms with van der Waals surface area (Å²) < 4.78 is 0. The van der Waals surface area contributed by atoms with Gasteiger partial charge in [-0.05, 0) is 38.1 Å². The van der Waals surface area contributed by atoms with Crippen LogP contribution in [0.3, 0.4) is 0 Å². The first-order chi connectivity index (χ1) is 9.42. The minimum absolute atomic E-state index is 0.964. The first-order valence-electron chi connectivity index (χ1n) is 8.59. The summed E-state index contributed by atoms with van der Waals surface area (Å²) in [5.74, 6) is 0.973. The van der Waals surface area contributed by atoms with Gasteiger partial charge in [0.05, 0.1) is 0 Å². The normalized spacial score (nSPS) is 27.8. The molecule has 0 bridgehead atoms. The van der Waals surface area contributed by atoms with Crippen molar-refractivity contribution < 1.29 is 0 Å². The van der Waals surface area contributed by atoms with Crippen LogP contribution < -0.4 is 5.32 Å². The summed E-state index contributed by atoms with van der Waals surface area (Å²) in [6, 6.07) is 0.964. The van der Waals surface area contributed by atoms with Gasteiger partial charge in [-0.15, -0.1) is 0 Å². The number of rotatable bonds is 6. The van der Waals surface area contributed by atoms with Crippen molar-refractivity contribution >= 4 is 0 Å². The van der Waals surface area contributed by atoms with Gasteiger partial charge in [0, 0.05) is 45.3 Å². The summed E-state index contributed by atoms with van der Waals surface area (Å²) in [5, 5.41) is 3.69. The third-order valence-corrected chi connectivity index (χ3v) is 5.23. The first kappa shape index (κ1) is 13.8. The monoisotopic (exact) mass is 265 g/mol. The summed E-state index contributed by atoms with van der Waals surface area (Å²) in [4.78, 5) is 5.35. The molecule has 3 fully saturated rings. The van der Waals surface area contributed by atoms with Crippen molar-refractivity contribution in [3.05, 3.63) is 0 Å². The second kappa shape index (κ2) is 7.05. The van der Waals surface area contributed by atoms with Crippen LogP contribution in [-0.2, 0) is 0 Å². The fourth-order valence-corrected chi connectivity index (χ4v) is 3.73. The van der Waals surface area contributed by atoms with Gasteiger partial charge >= 0.3 is 0 Å². The van der Waals surface area contributed by atoms with Crippen molar-refractivity contribution in [2.75, 3.05) is 45.8 Å². The highest BCUT2D eigenvalue weighted by Crippen LogP contribution is 2.27. The van der Waals surface area contributed by atoms with E-state index in [0.29, 0.717) is 0 Å². The molecule has 3 rings (SSSR count). The Labute approximate surface area is 118 Å². The Morgan fingerprint density at radius 3 is 2.26 bits per heavy atom. The van der Waals surface area contributed by atoms with E-state index in [2.05, 4.69) is 15.1 Å². The zero-order valence-corrected chi connectivity index (χ0v) is 12.4. The minimum atomic E-state index is 0.964. The molecule has 0 unspecified atom stereocenters. The van der Waals surface area contributed by atoms with Crippen LogP contribution in [0.2, 0.25) is 0 Å². The van der Waals surface area contributed by atoms with Gasteiger partial charge in [0.2, 0.25) is 0 Å². The number of hydrogen-bond donors (Lipinski definition) is 1. The number of hydrogen-bond acceptors (Lipinski definition) is 3. The van der Waals surface area contributed by atoms with Crippen molar-refractivity contribution in [1.82, 2.24) is 15.1 Å². The molecule has 3 nitrogen and oxygen atoms in total. The molecule has 3 aliphatic rings. The van der Waals surface area contributed by atoms with Crippen LogP contribution in [0.5, 0.6) is 0 Å². The summed E-state index contributed by atoms with van der Waals surface area (Å²) in [5.41, 5.74) is 0. The van der Waals surface area contributed by atoms with Gasteiger partial charge in [-0.1, -0.05) is 19.3 Å². The van der Waals surface area contributed by atoms with E-state index in [0.717, 1.165) is 12.0 Å². The number of nitrogens with zero attached hydrogens (tertiary/aromatic N) is 2. The molecular formula is C16H31N3. The van der Waals surface area contributed by atoms with Gasteiger partial charge in [0.15, 0.2) is 0 Å². The van der Waals surface area contributed by atoms with Crippen molar-refractivity contribution in [3.8, 4) is 0 Å². The largest absolute Gasteiger partial charge is 0.315 e. The highest BCUT2D eigenvalue weighted by Gasteiger charge is 2.30. The number of piperazine rings is 1. The Morgan fingerprint density at radius 2 is 1.58 bits per heavy atom. The lowest BCUT2D eigenvalue weighted by molar-refractivity contribution is 0.127. The third-order valence-electron chi connectivity index (χ3n) is 5.23. The SMILES string of the molecule is C1CCC(CNCCN2CCN(C3CC3)CC2)CC1. The molecule has 19 heavy (non-hydrogen) atoms. The van der Waals surface area contributed by atoms with E-state index < -0.39 is 0 Å². The quantitative estimate of drug-likeness (QED) is 0.741. The molecule has 3 heteroatoms. The number of nitrogens with one attached hydrogen (secondary N) is 1. The fourth-order valence-electron chi connectivity index (χ4n) is 3.73. The maximum absolute atomic E-state index is 3.69. The van der Waals surface area contributed by atoms with Crippen LogP contribution in [-0.4, -0.2) is 61.7 Å². The van der Waals surface area contributed by atoms with E-state index in [1.54, 1.807) is 0 Å². The molecule has 1 N–H and O–H groups in total. The predicted molar refractivity (Wildman–Crippen MR) is 80.5 cm³/mol. The summed E-state index contributed by atoms with van der Waals surface area (Å²) >= 11 is 0. The predicted octanol–water partition coefficient (Wildman–Crippen LogP) is 1.94. The Balaban J connectivity index is 1.22. The van der Waals surface area contributed by atoms with E-state index in [9.17, 15) is 0 Å². The van der Waals surface area contributed by atoms with Crippen LogP contribution in [0.4, 0.5) is 0 Å². The first-order valence-corrected chi connectivity index (χ1v) is 8.59. The van der Waals surface area contributed by atoms with Crippen molar-refractivity contribution in [2.24, 2.45) is 5.92 Å². The maximum atomic E-state index is 3.69. The van der Waals surface area contributed by atoms with Crippen LogP contribution in [0.1, 0.15) is 44.9 Å². The topological polar surface area (TPSA) is 18.5 Å². The second-order valence-electron chi connectivity index (χ2n) is 6.82. The molecule has 2 saturated carbocycles. The highest BCUT2D eigenvalue weighted by molar-refractivity contribution is 4.87. The van der Waals surface area contributed by atoms with Crippen LogP contribution in [0.15, 0.2) is 0 Å². The fraction of sp³-hybridized carbons (Fsp3) is 1.00. The molecular weight excluding hydrogens is 234 g/mol. The lowest BCUT2D eigenvalue weighted by Gasteiger charge is -2.35. The molecule has 1 saturated heterocycles. The molecule has 0 amide bonds. The van der Waals surface area contributed by atoms with Gasteiger partial charge in [-0.3, -0.25) is 9.80 Å².